The predicted octanol–water partition coefficient (Wildman–Crippen LogP) is 3.50. The van der Waals surface area contributed by atoms with Crippen LogP contribution in [-0.4, -0.2) is 24.5 Å². The van der Waals surface area contributed by atoms with Crippen molar-refractivity contribution in [1.82, 2.24) is 4.90 Å². The van der Waals surface area contributed by atoms with Gasteiger partial charge < -0.3 is 5.73 Å². The molecule has 0 aliphatic rings. The minimum atomic E-state index is -0.155. The maximum atomic E-state index is 13.4. The van der Waals surface area contributed by atoms with Crippen LogP contribution >= 0.6 is 0 Å². The fourth-order valence-electron chi connectivity index (χ4n) is 2.57. The van der Waals surface area contributed by atoms with Gasteiger partial charge in [-0.3, -0.25) is 4.90 Å². The van der Waals surface area contributed by atoms with Crippen molar-refractivity contribution in [3.05, 3.63) is 35.1 Å². The Hall–Kier alpha value is -0.930. The zero-order valence-corrected chi connectivity index (χ0v) is 12.8. The summed E-state index contributed by atoms with van der Waals surface area (Å²) in [6.07, 6.45) is 1.13. The molecule has 0 spiro atoms. The summed E-state index contributed by atoms with van der Waals surface area (Å²) in [5.41, 5.74) is 7.71. The fourth-order valence-corrected chi connectivity index (χ4v) is 2.57. The second-order valence-electron chi connectivity index (χ2n) is 5.90. The second-order valence-corrected chi connectivity index (χ2v) is 5.90. The molecule has 0 heterocycles. The van der Waals surface area contributed by atoms with Gasteiger partial charge >= 0.3 is 0 Å². The van der Waals surface area contributed by atoms with E-state index in [9.17, 15) is 4.39 Å². The molecule has 0 amide bonds. The third kappa shape index (κ3) is 4.29. The quantitative estimate of drug-likeness (QED) is 0.854. The molecule has 0 aliphatic carbocycles. The summed E-state index contributed by atoms with van der Waals surface area (Å²) in [4.78, 5) is 2.30. The summed E-state index contributed by atoms with van der Waals surface area (Å²) in [6, 6.07) is 5.89. The highest BCUT2D eigenvalue weighted by atomic mass is 19.1. The Kier molecular flexibility index (Phi) is 5.95. The van der Waals surface area contributed by atoms with Crippen molar-refractivity contribution >= 4 is 0 Å². The molecular weight excluding hydrogens is 239 g/mol. The number of nitrogens with zero attached hydrogens (tertiary/aromatic N) is 1. The molecule has 3 heteroatoms. The van der Waals surface area contributed by atoms with Crippen molar-refractivity contribution in [1.29, 1.82) is 0 Å². The van der Waals surface area contributed by atoms with E-state index < -0.39 is 0 Å². The van der Waals surface area contributed by atoms with Gasteiger partial charge in [0.1, 0.15) is 5.82 Å². The smallest absolute Gasteiger partial charge is 0.126 e. The van der Waals surface area contributed by atoms with Gasteiger partial charge in [-0.2, -0.15) is 0 Å². The maximum absolute atomic E-state index is 13.4. The Labute approximate surface area is 116 Å². The summed E-state index contributed by atoms with van der Waals surface area (Å²) in [5.74, 6) is 0.503. The molecule has 0 aliphatic heterocycles. The summed E-state index contributed by atoms with van der Waals surface area (Å²) in [5, 5.41) is 0. The van der Waals surface area contributed by atoms with Gasteiger partial charge in [0, 0.05) is 18.6 Å². The average Bonchev–Trinajstić information content (AvgIpc) is 2.33. The number of nitrogens with two attached hydrogens (primary N) is 1. The molecule has 0 saturated heterocycles. The molecule has 2 unspecified atom stereocenters. The largest absolute Gasteiger partial charge is 0.329 e. The molecule has 2 nitrogen and oxygen atoms in total. The first-order chi connectivity index (χ1) is 8.86. The summed E-state index contributed by atoms with van der Waals surface area (Å²) in [6.45, 7) is 9.01. The van der Waals surface area contributed by atoms with Crippen LogP contribution in [0.4, 0.5) is 4.39 Å². The lowest BCUT2D eigenvalue weighted by molar-refractivity contribution is 0.168. The lowest BCUT2D eigenvalue weighted by atomic mass is 9.98. The standard InChI is InChI=1S/C16H27FN2/c1-11(2)8-13(4)19(5)16(10-18)14-6-7-15(17)12(3)9-14/h6-7,9,11,13,16H,8,10,18H2,1-5H3. The van der Waals surface area contributed by atoms with Crippen molar-refractivity contribution in [2.24, 2.45) is 11.7 Å². The number of halogens is 1. The van der Waals surface area contributed by atoms with E-state index in [4.69, 9.17) is 5.73 Å². The number of aryl methyl sites for hydroxylation is 1. The molecule has 0 aromatic heterocycles. The molecule has 108 valence electrons. The van der Waals surface area contributed by atoms with E-state index in [1.165, 1.54) is 6.07 Å². The van der Waals surface area contributed by atoms with Crippen molar-refractivity contribution in [2.75, 3.05) is 13.6 Å². The Bertz CT molecular complexity index is 404. The van der Waals surface area contributed by atoms with Crippen LogP contribution in [0, 0.1) is 18.7 Å². The van der Waals surface area contributed by atoms with Crippen molar-refractivity contribution in [2.45, 2.75) is 46.2 Å². The summed E-state index contributed by atoms with van der Waals surface area (Å²) < 4.78 is 13.4. The van der Waals surface area contributed by atoms with Crippen LogP contribution in [0.15, 0.2) is 18.2 Å². The Balaban J connectivity index is 2.89. The van der Waals surface area contributed by atoms with Gasteiger partial charge in [0.05, 0.1) is 0 Å². The molecule has 2 atom stereocenters. The van der Waals surface area contributed by atoms with E-state index in [2.05, 4.69) is 32.7 Å². The van der Waals surface area contributed by atoms with E-state index in [-0.39, 0.29) is 11.9 Å². The number of benzene rings is 1. The highest BCUT2D eigenvalue weighted by Crippen LogP contribution is 2.24. The van der Waals surface area contributed by atoms with Crippen LogP contribution in [0.3, 0.4) is 0 Å². The van der Waals surface area contributed by atoms with Crippen LogP contribution in [0.5, 0.6) is 0 Å². The first kappa shape index (κ1) is 16.1. The maximum Gasteiger partial charge on any atom is 0.126 e. The SMILES string of the molecule is Cc1cc(C(CN)N(C)C(C)CC(C)C)ccc1F. The summed E-state index contributed by atoms with van der Waals surface area (Å²) in [7, 11) is 2.10. The highest BCUT2D eigenvalue weighted by Gasteiger charge is 2.21. The topological polar surface area (TPSA) is 29.3 Å². The van der Waals surface area contributed by atoms with E-state index in [0.29, 0.717) is 24.1 Å². The van der Waals surface area contributed by atoms with Crippen LogP contribution < -0.4 is 5.73 Å². The molecule has 0 bridgehead atoms. The number of hydrogen-bond acceptors (Lipinski definition) is 2. The van der Waals surface area contributed by atoms with Crippen LogP contribution in [0.2, 0.25) is 0 Å². The first-order valence-electron chi connectivity index (χ1n) is 7.04. The average molecular weight is 266 g/mol. The van der Waals surface area contributed by atoms with Gasteiger partial charge in [-0.05, 0) is 50.4 Å². The molecular formula is C16H27FN2. The summed E-state index contributed by atoms with van der Waals surface area (Å²) >= 11 is 0. The first-order valence-corrected chi connectivity index (χ1v) is 7.04. The number of likely N-dealkylation sites (N-methyl/N-ethyl adjacent to an activating group) is 1. The van der Waals surface area contributed by atoms with Crippen molar-refractivity contribution < 1.29 is 4.39 Å². The Morgan fingerprint density at radius 3 is 2.37 bits per heavy atom. The Morgan fingerprint density at radius 2 is 1.89 bits per heavy atom. The van der Waals surface area contributed by atoms with E-state index in [1.807, 2.05) is 12.1 Å². The molecule has 1 rings (SSSR count). The van der Waals surface area contributed by atoms with Gasteiger partial charge in [0.15, 0.2) is 0 Å². The number of rotatable bonds is 6. The van der Waals surface area contributed by atoms with Gasteiger partial charge in [-0.25, -0.2) is 4.39 Å². The minimum absolute atomic E-state index is 0.146. The van der Waals surface area contributed by atoms with E-state index in [1.54, 1.807) is 6.92 Å². The number of hydrogen-bond donors (Lipinski definition) is 1. The Morgan fingerprint density at radius 1 is 1.26 bits per heavy atom. The van der Waals surface area contributed by atoms with Crippen LogP contribution in [0.1, 0.15) is 44.4 Å². The lowest BCUT2D eigenvalue weighted by Crippen LogP contribution is -2.37. The van der Waals surface area contributed by atoms with Crippen molar-refractivity contribution in [3.63, 3.8) is 0 Å². The minimum Gasteiger partial charge on any atom is -0.329 e. The van der Waals surface area contributed by atoms with Gasteiger partial charge in [0.25, 0.3) is 0 Å². The fraction of sp³-hybridized carbons (Fsp3) is 0.625. The predicted molar refractivity (Wildman–Crippen MR) is 79.6 cm³/mol. The molecule has 0 fully saturated rings. The molecule has 1 aromatic carbocycles. The molecule has 2 N–H and O–H groups in total. The third-order valence-corrected chi connectivity index (χ3v) is 3.79. The molecule has 0 saturated carbocycles. The van der Waals surface area contributed by atoms with Gasteiger partial charge in [-0.1, -0.05) is 26.0 Å². The highest BCUT2D eigenvalue weighted by molar-refractivity contribution is 5.27. The third-order valence-electron chi connectivity index (χ3n) is 3.79. The normalized spacial score (nSPS) is 15.0. The zero-order chi connectivity index (χ0) is 14.6. The van der Waals surface area contributed by atoms with Gasteiger partial charge in [-0.15, -0.1) is 0 Å². The van der Waals surface area contributed by atoms with Gasteiger partial charge in [0.2, 0.25) is 0 Å². The van der Waals surface area contributed by atoms with Crippen LogP contribution in [0.25, 0.3) is 0 Å². The monoisotopic (exact) mass is 266 g/mol. The molecule has 1 aromatic rings. The second kappa shape index (κ2) is 7.01. The lowest BCUT2D eigenvalue weighted by Gasteiger charge is -2.34. The van der Waals surface area contributed by atoms with Crippen LogP contribution in [-0.2, 0) is 0 Å². The van der Waals surface area contributed by atoms with E-state index in [0.717, 1.165) is 12.0 Å². The molecule has 19 heavy (non-hydrogen) atoms. The van der Waals surface area contributed by atoms with E-state index >= 15 is 0 Å². The van der Waals surface area contributed by atoms with Crippen molar-refractivity contribution in [3.8, 4) is 0 Å². The molecule has 0 radical (unpaired) electrons. The zero-order valence-electron chi connectivity index (χ0n) is 12.8.